The lowest BCUT2D eigenvalue weighted by Crippen LogP contribution is -2.07. The molecule has 0 unspecified atom stereocenters. The standard InChI is InChI=1S/C10H16N6OS/c1-3-16-6-13-14-7(16)5-12-10-8(17-4-2)9(11)15-18-10/h6,12H,3-5H2,1-2H3,(H2,11,15). The molecular formula is C10H16N6OS. The number of nitrogens with zero attached hydrogens (tertiary/aromatic N) is 4. The average molecular weight is 268 g/mol. The molecule has 2 heterocycles. The van der Waals surface area contributed by atoms with E-state index in [-0.39, 0.29) is 0 Å². The topological polar surface area (TPSA) is 90.9 Å². The molecule has 18 heavy (non-hydrogen) atoms. The second-order valence-corrected chi connectivity index (χ2v) is 4.32. The van der Waals surface area contributed by atoms with Gasteiger partial charge in [0.05, 0.1) is 13.2 Å². The first-order valence-electron chi connectivity index (χ1n) is 5.74. The zero-order valence-corrected chi connectivity index (χ0v) is 11.2. The normalized spacial score (nSPS) is 10.6. The Balaban J connectivity index is 2.06. The largest absolute Gasteiger partial charge is 0.487 e. The second kappa shape index (κ2) is 5.67. The van der Waals surface area contributed by atoms with Gasteiger partial charge in [-0.25, -0.2) is 0 Å². The summed E-state index contributed by atoms with van der Waals surface area (Å²) >= 11 is 1.28. The molecule has 0 aliphatic carbocycles. The molecule has 2 rings (SSSR count). The van der Waals surface area contributed by atoms with Gasteiger partial charge in [-0.15, -0.1) is 10.2 Å². The van der Waals surface area contributed by atoms with Crippen molar-refractivity contribution >= 4 is 22.4 Å². The highest BCUT2D eigenvalue weighted by Crippen LogP contribution is 2.35. The molecule has 0 saturated carbocycles. The first kappa shape index (κ1) is 12.6. The van der Waals surface area contributed by atoms with E-state index in [4.69, 9.17) is 10.5 Å². The van der Waals surface area contributed by atoms with Crippen LogP contribution in [0.5, 0.6) is 5.75 Å². The van der Waals surface area contributed by atoms with E-state index < -0.39 is 0 Å². The first-order valence-corrected chi connectivity index (χ1v) is 6.52. The Labute approximate surface area is 109 Å². The lowest BCUT2D eigenvalue weighted by molar-refractivity contribution is 0.344. The quantitative estimate of drug-likeness (QED) is 0.821. The van der Waals surface area contributed by atoms with Crippen LogP contribution < -0.4 is 15.8 Å². The minimum absolute atomic E-state index is 0.418. The smallest absolute Gasteiger partial charge is 0.197 e. The van der Waals surface area contributed by atoms with Crippen LogP contribution >= 0.6 is 11.5 Å². The van der Waals surface area contributed by atoms with E-state index in [2.05, 4.69) is 19.9 Å². The van der Waals surface area contributed by atoms with Crippen LogP contribution in [0.3, 0.4) is 0 Å². The predicted octanol–water partition coefficient (Wildman–Crippen LogP) is 1.35. The predicted molar refractivity (Wildman–Crippen MR) is 70.7 cm³/mol. The van der Waals surface area contributed by atoms with Gasteiger partial charge in [-0.2, -0.15) is 4.37 Å². The van der Waals surface area contributed by atoms with E-state index >= 15 is 0 Å². The molecule has 2 aromatic rings. The summed E-state index contributed by atoms with van der Waals surface area (Å²) in [5.41, 5.74) is 5.73. The Hall–Kier alpha value is -1.83. The number of nitrogens with one attached hydrogen (secondary N) is 1. The van der Waals surface area contributed by atoms with Gasteiger partial charge in [0, 0.05) is 6.54 Å². The Bertz CT molecular complexity index is 508. The number of rotatable bonds is 6. The number of aromatic nitrogens is 4. The molecule has 0 fully saturated rings. The summed E-state index contributed by atoms with van der Waals surface area (Å²) in [6.45, 7) is 5.92. The van der Waals surface area contributed by atoms with Crippen molar-refractivity contribution in [2.45, 2.75) is 26.9 Å². The SMILES string of the molecule is CCOc1c(N)nsc1NCc1nncn1CC. The maximum Gasteiger partial charge on any atom is 0.197 e. The van der Waals surface area contributed by atoms with Gasteiger partial charge in [-0.05, 0) is 25.4 Å². The molecular weight excluding hydrogens is 252 g/mol. The van der Waals surface area contributed by atoms with Gasteiger partial charge < -0.3 is 20.4 Å². The van der Waals surface area contributed by atoms with Gasteiger partial charge in [0.2, 0.25) is 0 Å². The third-order valence-corrected chi connectivity index (χ3v) is 3.21. The zero-order chi connectivity index (χ0) is 13.0. The van der Waals surface area contributed by atoms with Crippen molar-refractivity contribution < 1.29 is 4.74 Å². The molecule has 7 nitrogen and oxygen atoms in total. The lowest BCUT2D eigenvalue weighted by atomic mass is 10.5. The van der Waals surface area contributed by atoms with Crippen LogP contribution in [0.15, 0.2) is 6.33 Å². The van der Waals surface area contributed by atoms with Gasteiger partial charge in [0.25, 0.3) is 0 Å². The number of nitrogens with two attached hydrogens (primary N) is 1. The van der Waals surface area contributed by atoms with E-state index in [9.17, 15) is 0 Å². The van der Waals surface area contributed by atoms with Gasteiger partial charge in [0.1, 0.15) is 6.33 Å². The van der Waals surface area contributed by atoms with Gasteiger partial charge in [-0.1, -0.05) is 0 Å². The molecule has 2 aromatic heterocycles. The molecule has 0 aliphatic rings. The molecule has 0 bridgehead atoms. The summed E-state index contributed by atoms with van der Waals surface area (Å²) in [4.78, 5) is 0. The highest BCUT2D eigenvalue weighted by molar-refractivity contribution is 7.11. The van der Waals surface area contributed by atoms with E-state index in [0.717, 1.165) is 17.4 Å². The number of anilines is 2. The van der Waals surface area contributed by atoms with Crippen molar-refractivity contribution in [1.82, 2.24) is 19.1 Å². The number of hydrogen-bond acceptors (Lipinski definition) is 7. The van der Waals surface area contributed by atoms with Crippen LogP contribution in [0.4, 0.5) is 10.8 Å². The Morgan fingerprint density at radius 1 is 1.50 bits per heavy atom. The molecule has 0 spiro atoms. The fourth-order valence-corrected chi connectivity index (χ4v) is 2.19. The second-order valence-electron chi connectivity index (χ2n) is 3.55. The van der Waals surface area contributed by atoms with Crippen LogP contribution in [-0.2, 0) is 13.1 Å². The van der Waals surface area contributed by atoms with Crippen LogP contribution in [0.1, 0.15) is 19.7 Å². The number of aryl methyl sites for hydroxylation is 1. The van der Waals surface area contributed by atoms with Crippen molar-refractivity contribution in [3.05, 3.63) is 12.2 Å². The molecule has 0 saturated heterocycles. The molecule has 98 valence electrons. The number of hydrogen-bond donors (Lipinski definition) is 2. The van der Waals surface area contributed by atoms with Crippen molar-refractivity contribution in [2.24, 2.45) is 0 Å². The lowest BCUT2D eigenvalue weighted by Gasteiger charge is -2.07. The highest BCUT2D eigenvalue weighted by Gasteiger charge is 2.13. The Morgan fingerprint density at radius 3 is 3.06 bits per heavy atom. The zero-order valence-electron chi connectivity index (χ0n) is 10.4. The molecule has 3 N–H and O–H groups in total. The monoisotopic (exact) mass is 268 g/mol. The minimum atomic E-state index is 0.418. The van der Waals surface area contributed by atoms with Crippen molar-refractivity contribution in [3.8, 4) is 5.75 Å². The molecule has 0 atom stereocenters. The van der Waals surface area contributed by atoms with Crippen LogP contribution in [-0.4, -0.2) is 25.7 Å². The summed E-state index contributed by atoms with van der Waals surface area (Å²) in [5.74, 6) is 1.90. The van der Waals surface area contributed by atoms with Crippen molar-refractivity contribution in [2.75, 3.05) is 17.7 Å². The first-order chi connectivity index (χ1) is 8.76. The Morgan fingerprint density at radius 2 is 2.33 bits per heavy atom. The summed E-state index contributed by atoms with van der Waals surface area (Å²) in [7, 11) is 0. The fraction of sp³-hybridized carbons (Fsp3) is 0.500. The number of ether oxygens (including phenoxy) is 1. The number of nitrogen functional groups attached to an aromatic ring is 1. The van der Waals surface area contributed by atoms with E-state index in [0.29, 0.717) is 24.7 Å². The molecule has 0 radical (unpaired) electrons. The van der Waals surface area contributed by atoms with Gasteiger partial charge in [-0.3, -0.25) is 0 Å². The summed E-state index contributed by atoms with van der Waals surface area (Å²) in [5, 5.41) is 12.0. The molecule has 0 aliphatic heterocycles. The third-order valence-electron chi connectivity index (χ3n) is 2.41. The van der Waals surface area contributed by atoms with Crippen LogP contribution in [0.2, 0.25) is 0 Å². The van der Waals surface area contributed by atoms with Crippen LogP contribution in [0, 0.1) is 0 Å². The summed E-state index contributed by atoms with van der Waals surface area (Å²) in [6.07, 6.45) is 1.71. The average Bonchev–Trinajstić information content (AvgIpc) is 2.96. The summed E-state index contributed by atoms with van der Waals surface area (Å²) in [6, 6.07) is 0. The highest BCUT2D eigenvalue weighted by atomic mass is 32.1. The van der Waals surface area contributed by atoms with E-state index in [1.54, 1.807) is 6.33 Å². The van der Waals surface area contributed by atoms with Gasteiger partial charge in [0.15, 0.2) is 22.4 Å². The maximum absolute atomic E-state index is 5.73. The van der Waals surface area contributed by atoms with E-state index in [1.165, 1.54) is 11.5 Å². The third kappa shape index (κ3) is 2.53. The van der Waals surface area contributed by atoms with Crippen LogP contribution in [0.25, 0.3) is 0 Å². The van der Waals surface area contributed by atoms with E-state index in [1.807, 2.05) is 18.4 Å². The van der Waals surface area contributed by atoms with Crippen molar-refractivity contribution in [1.29, 1.82) is 0 Å². The molecule has 0 aromatic carbocycles. The fourth-order valence-electron chi connectivity index (χ4n) is 1.53. The summed E-state index contributed by atoms with van der Waals surface area (Å²) < 4.78 is 11.5. The Kier molecular flexibility index (Phi) is 3.98. The molecule has 0 amide bonds. The minimum Gasteiger partial charge on any atom is -0.487 e. The molecule has 8 heteroatoms. The maximum atomic E-state index is 5.73. The van der Waals surface area contributed by atoms with Gasteiger partial charge >= 0.3 is 0 Å². The van der Waals surface area contributed by atoms with Crippen molar-refractivity contribution in [3.63, 3.8) is 0 Å².